The van der Waals surface area contributed by atoms with Crippen molar-refractivity contribution in [3.63, 3.8) is 0 Å². The number of fused-ring (bicyclic) bond motifs is 1. The van der Waals surface area contributed by atoms with Crippen molar-refractivity contribution in [2.45, 2.75) is 18.7 Å². The highest BCUT2D eigenvalue weighted by Gasteiger charge is 2.19. The molecule has 2 aromatic carbocycles. The molecular weight excluding hydrogens is 480 g/mol. The monoisotopic (exact) mass is 506 g/mol. The Hall–Kier alpha value is -2.46. The van der Waals surface area contributed by atoms with Gasteiger partial charge < -0.3 is 4.90 Å². The number of likely N-dealkylation sites (N-methyl/N-ethyl adjacent to an activating group) is 1. The topological polar surface area (TPSA) is 79.6 Å². The van der Waals surface area contributed by atoms with Gasteiger partial charge in [-0.2, -0.15) is 0 Å². The summed E-state index contributed by atoms with van der Waals surface area (Å²) in [5.41, 5.74) is 1.62. The number of nitrogens with zero attached hydrogens (tertiary/aromatic N) is 4. The van der Waals surface area contributed by atoms with Crippen LogP contribution in [0.2, 0.25) is 0 Å². The molecule has 0 atom stereocenters. The van der Waals surface area contributed by atoms with Gasteiger partial charge in [0.15, 0.2) is 5.13 Å². The molecular formula is C23H27ClN4O3S2. The molecule has 176 valence electrons. The zero-order valence-electron chi connectivity index (χ0n) is 18.8. The quantitative estimate of drug-likeness (QED) is 0.151. The maximum Gasteiger partial charge on any atom is 0.269 e. The molecule has 1 heterocycles. The van der Waals surface area contributed by atoms with E-state index in [1.807, 2.05) is 18.4 Å². The fourth-order valence-electron chi connectivity index (χ4n) is 3.18. The number of non-ortho nitro benzene ring substituents is 1. The van der Waals surface area contributed by atoms with Crippen LogP contribution in [0.1, 0.15) is 19.4 Å². The fourth-order valence-corrected chi connectivity index (χ4v) is 4.73. The van der Waals surface area contributed by atoms with E-state index in [1.165, 1.54) is 29.5 Å². The van der Waals surface area contributed by atoms with Crippen molar-refractivity contribution in [1.82, 2.24) is 9.88 Å². The number of nitro groups is 1. The SMILES string of the molecule is CCN(CC)CCN(C(=O)C=Cc1ccc([N+](=O)[O-])cc1)c1nc2ccc(SC)cc2s1.Cl. The first-order valence-corrected chi connectivity index (χ1v) is 12.4. The zero-order chi connectivity index (χ0) is 23.1. The number of carbonyl (C=O) groups is 1. The zero-order valence-corrected chi connectivity index (χ0v) is 21.2. The maximum absolute atomic E-state index is 13.2. The Morgan fingerprint density at radius 3 is 2.45 bits per heavy atom. The van der Waals surface area contributed by atoms with Crippen LogP contribution in [0.4, 0.5) is 10.8 Å². The average molecular weight is 507 g/mol. The molecule has 3 aromatic rings. The summed E-state index contributed by atoms with van der Waals surface area (Å²) in [6, 6.07) is 12.2. The highest BCUT2D eigenvalue weighted by atomic mass is 35.5. The number of halogens is 1. The van der Waals surface area contributed by atoms with Crippen molar-refractivity contribution in [1.29, 1.82) is 0 Å². The first kappa shape index (κ1) is 26.8. The Morgan fingerprint density at radius 1 is 1.15 bits per heavy atom. The predicted octanol–water partition coefficient (Wildman–Crippen LogP) is 5.74. The molecule has 0 saturated carbocycles. The van der Waals surface area contributed by atoms with Gasteiger partial charge in [0.2, 0.25) is 0 Å². The number of hydrogen-bond donors (Lipinski definition) is 0. The van der Waals surface area contributed by atoms with Gasteiger partial charge in [-0.05, 0) is 61.3 Å². The standard InChI is InChI=1S/C23H26N4O3S2.ClH/c1-4-25(5-2)14-15-26(23-24-20-12-11-19(31-3)16-21(20)32-23)22(28)13-8-17-6-9-18(10-7-17)27(29)30;/h6-13,16H,4-5,14-15H2,1-3H3;1H. The number of amides is 1. The van der Waals surface area contributed by atoms with E-state index in [2.05, 4.69) is 24.8 Å². The van der Waals surface area contributed by atoms with E-state index in [9.17, 15) is 14.9 Å². The second-order valence-corrected chi connectivity index (χ2v) is 8.92. The second kappa shape index (κ2) is 12.7. The number of thioether (sulfide) groups is 1. The van der Waals surface area contributed by atoms with Crippen molar-refractivity contribution in [2.75, 3.05) is 37.3 Å². The van der Waals surface area contributed by atoms with Crippen LogP contribution in [0.15, 0.2) is 53.4 Å². The van der Waals surface area contributed by atoms with Gasteiger partial charge in [0.1, 0.15) is 0 Å². The molecule has 0 aliphatic heterocycles. The van der Waals surface area contributed by atoms with E-state index in [0.29, 0.717) is 11.7 Å². The van der Waals surface area contributed by atoms with E-state index in [-0.39, 0.29) is 24.0 Å². The summed E-state index contributed by atoms with van der Waals surface area (Å²) in [6.07, 6.45) is 5.21. The first-order chi connectivity index (χ1) is 15.4. The van der Waals surface area contributed by atoms with E-state index in [1.54, 1.807) is 34.9 Å². The number of rotatable bonds is 10. The third kappa shape index (κ3) is 7.01. The molecule has 0 aliphatic rings. The molecule has 1 aromatic heterocycles. The predicted molar refractivity (Wildman–Crippen MR) is 141 cm³/mol. The van der Waals surface area contributed by atoms with Crippen LogP contribution >= 0.6 is 35.5 Å². The molecule has 1 amide bonds. The number of nitro benzene ring substituents is 1. The summed E-state index contributed by atoms with van der Waals surface area (Å²) in [5.74, 6) is -0.167. The number of aromatic nitrogens is 1. The van der Waals surface area contributed by atoms with Gasteiger partial charge in [-0.3, -0.25) is 19.8 Å². The van der Waals surface area contributed by atoms with Crippen molar-refractivity contribution < 1.29 is 9.72 Å². The highest BCUT2D eigenvalue weighted by Crippen LogP contribution is 2.31. The minimum atomic E-state index is -0.441. The summed E-state index contributed by atoms with van der Waals surface area (Å²) in [5, 5.41) is 11.5. The second-order valence-electron chi connectivity index (χ2n) is 7.03. The molecule has 0 bridgehead atoms. The molecule has 0 radical (unpaired) electrons. The van der Waals surface area contributed by atoms with Gasteiger partial charge in [-0.25, -0.2) is 4.98 Å². The summed E-state index contributed by atoms with van der Waals surface area (Å²) in [7, 11) is 0. The number of carbonyl (C=O) groups excluding carboxylic acids is 1. The lowest BCUT2D eigenvalue weighted by Gasteiger charge is -2.23. The minimum Gasteiger partial charge on any atom is -0.302 e. The number of hydrogen-bond acceptors (Lipinski definition) is 7. The third-order valence-corrected chi connectivity index (χ3v) is 6.90. The third-order valence-electron chi connectivity index (χ3n) is 5.14. The molecule has 33 heavy (non-hydrogen) atoms. The number of benzene rings is 2. The van der Waals surface area contributed by atoms with E-state index >= 15 is 0 Å². The smallest absolute Gasteiger partial charge is 0.269 e. The van der Waals surface area contributed by atoms with Crippen LogP contribution in [0.5, 0.6) is 0 Å². The highest BCUT2D eigenvalue weighted by molar-refractivity contribution is 7.98. The maximum atomic E-state index is 13.2. The Bertz CT molecular complexity index is 1110. The van der Waals surface area contributed by atoms with Crippen LogP contribution in [0.25, 0.3) is 16.3 Å². The lowest BCUT2D eigenvalue weighted by Crippen LogP contribution is -2.38. The molecule has 0 N–H and O–H groups in total. The van der Waals surface area contributed by atoms with Crippen LogP contribution < -0.4 is 4.90 Å². The Labute approximate surface area is 208 Å². The Balaban J connectivity index is 0.00000385. The van der Waals surface area contributed by atoms with Crippen LogP contribution in [-0.2, 0) is 4.79 Å². The van der Waals surface area contributed by atoms with Gasteiger partial charge in [0.05, 0.1) is 15.1 Å². The van der Waals surface area contributed by atoms with Crippen molar-refractivity contribution in [3.05, 3.63) is 64.2 Å². The molecule has 0 aliphatic carbocycles. The largest absolute Gasteiger partial charge is 0.302 e. The number of anilines is 1. The van der Waals surface area contributed by atoms with Crippen molar-refractivity contribution >= 4 is 68.5 Å². The number of thiazole rings is 1. The van der Waals surface area contributed by atoms with Crippen LogP contribution in [0, 0.1) is 10.1 Å². The average Bonchev–Trinajstić information content (AvgIpc) is 3.23. The molecule has 0 unspecified atom stereocenters. The molecule has 0 fully saturated rings. The molecule has 0 spiro atoms. The van der Waals surface area contributed by atoms with E-state index < -0.39 is 4.92 Å². The van der Waals surface area contributed by atoms with Gasteiger partial charge in [-0.1, -0.05) is 25.2 Å². The van der Waals surface area contributed by atoms with Crippen molar-refractivity contribution in [2.24, 2.45) is 0 Å². The van der Waals surface area contributed by atoms with Gasteiger partial charge in [0, 0.05) is 36.2 Å². The normalized spacial score (nSPS) is 11.2. The molecule has 7 nitrogen and oxygen atoms in total. The molecule has 0 saturated heterocycles. The molecule has 10 heteroatoms. The minimum absolute atomic E-state index is 0. The summed E-state index contributed by atoms with van der Waals surface area (Å²) < 4.78 is 1.05. The lowest BCUT2D eigenvalue weighted by atomic mass is 10.2. The summed E-state index contributed by atoms with van der Waals surface area (Å²) >= 11 is 3.18. The van der Waals surface area contributed by atoms with Gasteiger partial charge in [-0.15, -0.1) is 24.2 Å². The first-order valence-electron chi connectivity index (χ1n) is 10.4. The van der Waals surface area contributed by atoms with Crippen LogP contribution in [0.3, 0.4) is 0 Å². The van der Waals surface area contributed by atoms with E-state index in [0.717, 1.165) is 40.3 Å². The Kier molecular flexibility index (Phi) is 10.3. The summed E-state index contributed by atoms with van der Waals surface area (Å²) in [4.78, 5) is 33.4. The Morgan fingerprint density at radius 2 is 1.85 bits per heavy atom. The fraction of sp³-hybridized carbons (Fsp3) is 0.304. The van der Waals surface area contributed by atoms with Crippen molar-refractivity contribution in [3.8, 4) is 0 Å². The van der Waals surface area contributed by atoms with Gasteiger partial charge in [0.25, 0.3) is 11.6 Å². The summed E-state index contributed by atoms with van der Waals surface area (Å²) in [6.45, 7) is 7.30. The van der Waals surface area contributed by atoms with Gasteiger partial charge >= 0.3 is 0 Å². The van der Waals surface area contributed by atoms with E-state index in [4.69, 9.17) is 4.98 Å². The molecule has 3 rings (SSSR count). The lowest BCUT2D eigenvalue weighted by molar-refractivity contribution is -0.384. The van der Waals surface area contributed by atoms with Crippen LogP contribution in [-0.4, -0.2) is 53.1 Å².